The number of rotatable bonds is 3. The second-order valence-corrected chi connectivity index (χ2v) is 9.40. The summed E-state index contributed by atoms with van der Waals surface area (Å²) in [5, 5.41) is 1.73. The Morgan fingerprint density at radius 2 is 1.66 bits per heavy atom. The summed E-state index contributed by atoms with van der Waals surface area (Å²) in [6, 6.07) is 19.9. The Morgan fingerprint density at radius 1 is 0.897 bits per heavy atom. The zero-order chi connectivity index (χ0) is 19.8. The maximum Gasteiger partial charge on any atom is 0.264 e. The number of thiophene rings is 1. The van der Waals surface area contributed by atoms with Crippen LogP contribution in [-0.4, -0.2) is 42.0 Å². The highest BCUT2D eigenvalue weighted by atomic mass is 35.5. The van der Waals surface area contributed by atoms with Gasteiger partial charge in [0.25, 0.3) is 5.91 Å². The van der Waals surface area contributed by atoms with Gasteiger partial charge in [0.2, 0.25) is 0 Å². The van der Waals surface area contributed by atoms with Crippen LogP contribution in [0.4, 0.5) is 5.69 Å². The van der Waals surface area contributed by atoms with Crippen LogP contribution in [0.3, 0.4) is 0 Å². The molecule has 0 spiro atoms. The highest BCUT2D eigenvalue weighted by Crippen LogP contribution is 2.35. The minimum Gasteiger partial charge on any atom is -0.367 e. The first-order valence-electron chi connectivity index (χ1n) is 9.43. The van der Waals surface area contributed by atoms with E-state index in [0.717, 1.165) is 44.1 Å². The number of piperazine rings is 1. The summed E-state index contributed by atoms with van der Waals surface area (Å²) in [5.74, 6) is 0.0983. The van der Waals surface area contributed by atoms with Crippen molar-refractivity contribution < 1.29 is 4.79 Å². The normalized spacial score (nSPS) is 14.5. The minimum atomic E-state index is 0.0983. The quantitative estimate of drug-likeness (QED) is 0.414. The predicted octanol–water partition coefficient (Wildman–Crippen LogP) is 5.64. The lowest BCUT2D eigenvalue weighted by atomic mass is 10.2. The van der Waals surface area contributed by atoms with Crippen LogP contribution in [0.5, 0.6) is 0 Å². The third-order valence-corrected chi connectivity index (χ3v) is 7.68. The molecule has 1 fully saturated rings. The van der Waals surface area contributed by atoms with Gasteiger partial charge >= 0.3 is 0 Å². The first-order valence-corrected chi connectivity index (χ1v) is 11.4. The number of benzene rings is 2. The van der Waals surface area contributed by atoms with E-state index in [1.54, 1.807) is 11.3 Å². The summed E-state index contributed by atoms with van der Waals surface area (Å²) in [6.45, 7) is 2.95. The lowest BCUT2D eigenvalue weighted by Gasteiger charge is -2.36. The van der Waals surface area contributed by atoms with Gasteiger partial charge in [-0.25, -0.2) is 4.98 Å². The summed E-state index contributed by atoms with van der Waals surface area (Å²) in [6.07, 6.45) is 0. The van der Waals surface area contributed by atoms with Crippen molar-refractivity contribution in [2.24, 2.45) is 0 Å². The number of aromatic nitrogens is 1. The Labute approximate surface area is 182 Å². The molecule has 0 atom stereocenters. The van der Waals surface area contributed by atoms with E-state index >= 15 is 0 Å². The number of anilines is 1. The van der Waals surface area contributed by atoms with Crippen LogP contribution in [0.1, 0.15) is 9.67 Å². The lowest BCUT2D eigenvalue weighted by Crippen LogP contribution is -2.48. The number of hydrogen-bond acceptors (Lipinski definition) is 5. The van der Waals surface area contributed by atoms with E-state index in [2.05, 4.69) is 11.0 Å². The Kier molecular flexibility index (Phi) is 4.99. The van der Waals surface area contributed by atoms with Crippen molar-refractivity contribution in [2.75, 3.05) is 31.1 Å². The van der Waals surface area contributed by atoms with Crippen LogP contribution in [0.15, 0.2) is 60.7 Å². The fraction of sp³-hybridized carbons (Fsp3) is 0.182. The number of carbonyl (C=O) groups is 1. The molecule has 7 heteroatoms. The molecule has 4 aromatic rings. The van der Waals surface area contributed by atoms with Gasteiger partial charge in [0.15, 0.2) is 0 Å². The SMILES string of the molecule is O=C(c1ccc(-c2nc3ccccc3s2)s1)N1CCN(c2ccccc2Cl)CC1. The molecule has 1 amide bonds. The number of nitrogens with zero attached hydrogens (tertiary/aromatic N) is 3. The number of para-hydroxylation sites is 2. The van der Waals surface area contributed by atoms with Gasteiger partial charge in [-0.1, -0.05) is 35.9 Å². The third kappa shape index (κ3) is 3.64. The molecule has 5 rings (SSSR count). The molecule has 3 heterocycles. The molecule has 0 N–H and O–H groups in total. The van der Waals surface area contributed by atoms with Crippen LogP contribution in [0, 0.1) is 0 Å². The van der Waals surface area contributed by atoms with E-state index in [-0.39, 0.29) is 5.91 Å². The Hall–Kier alpha value is -2.41. The van der Waals surface area contributed by atoms with Gasteiger partial charge in [0.05, 0.1) is 30.7 Å². The maximum absolute atomic E-state index is 13.0. The Bertz CT molecular complexity index is 1140. The topological polar surface area (TPSA) is 36.4 Å². The van der Waals surface area contributed by atoms with Gasteiger partial charge in [-0.2, -0.15) is 0 Å². The maximum atomic E-state index is 13.0. The zero-order valence-corrected chi connectivity index (χ0v) is 17.9. The van der Waals surface area contributed by atoms with Gasteiger partial charge in [0.1, 0.15) is 5.01 Å². The van der Waals surface area contributed by atoms with Gasteiger partial charge in [0, 0.05) is 26.2 Å². The molecule has 1 aliphatic heterocycles. The van der Waals surface area contributed by atoms with Crippen LogP contribution in [0.25, 0.3) is 20.1 Å². The molecule has 29 heavy (non-hydrogen) atoms. The van der Waals surface area contributed by atoms with E-state index in [9.17, 15) is 4.79 Å². The fourth-order valence-corrected chi connectivity index (χ4v) is 5.81. The van der Waals surface area contributed by atoms with Crippen LogP contribution >= 0.6 is 34.3 Å². The van der Waals surface area contributed by atoms with Crippen molar-refractivity contribution in [3.8, 4) is 9.88 Å². The number of halogens is 1. The van der Waals surface area contributed by atoms with Crippen molar-refractivity contribution in [3.05, 3.63) is 70.6 Å². The van der Waals surface area contributed by atoms with E-state index in [0.29, 0.717) is 13.1 Å². The highest BCUT2D eigenvalue weighted by molar-refractivity contribution is 7.26. The van der Waals surface area contributed by atoms with Crippen LogP contribution < -0.4 is 4.90 Å². The molecule has 0 aliphatic carbocycles. The molecule has 2 aromatic heterocycles. The first-order chi connectivity index (χ1) is 14.2. The third-order valence-electron chi connectivity index (χ3n) is 5.08. The molecule has 1 aliphatic rings. The number of hydrogen-bond donors (Lipinski definition) is 0. The van der Waals surface area contributed by atoms with Crippen molar-refractivity contribution in [3.63, 3.8) is 0 Å². The zero-order valence-electron chi connectivity index (χ0n) is 15.5. The van der Waals surface area contributed by atoms with Gasteiger partial charge in [-0.3, -0.25) is 4.79 Å². The lowest BCUT2D eigenvalue weighted by molar-refractivity contribution is 0.0751. The summed E-state index contributed by atoms with van der Waals surface area (Å²) in [7, 11) is 0. The van der Waals surface area contributed by atoms with Crippen molar-refractivity contribution >= 4 is 56.1 Å². The average Bonchev–Trinajstić information content (AvgIpc) is 3.41. The van der Waals surface area contributed by atoms with E-state index in [1.165, 1.54) is 16.0 Å². The molecule has 4 nitrogen and oxygen atoms in total. The van der Waals surface area contributed by atoms with Crippen molar-refractivity contribution in [1.82, 2.24) is 9.88 Å². The van der Waals surface area contributed by atoms with Crippen LogP contribution in [-0.2, 0) is 0 Å². The fourth-order valence-electron chi connectivity index (χ4n) is 3.56. The first kappa shape index (κ1) is 18.6. The van der Waals surface area contributed by atoms with E-state index in [1.807, 2.05) is 59.5 Å². The van der Waals surface area contributed by atoms with Gasteiger partial charge in [-0.15, -0.1) is 22.7 Å². The number of fused-ring (bicyclic) bond motifs is 1. The monoisotopic (exact) mass is 439 g/mol. The number of carbonyl (C=O) groups excluding carboxylic acids is 1. The second kappa shape index (κ2) is 7.78. The number of thiazole rings is 1. The largest absolute Gasteiger partial charge is 0.367 e. The minimum absolute atomic E-state index is 0.0983. The van der Waals surface area contributed by atoms with E-state index < -0.39 is 0 Å². The number of amides is 1. The molecular weight excluding hydrogens is 422 g/mol. The smallest absolute Gasteiger partial charge is 0.264 e. The van der Waals surface area contributed by atoms with Crippen molar-refractivity contribution in [1.29, 1.82) is 0 Å². The van der Waals surface area contributed by atoms with E-state index in [4.69, 9.17) is 16.6 Å². The molecular formula is C22H18ClN3OS2. The molecule has 146 valence electrons. The summed E-state index contributed by atoms with van der Waals surface area (Å²) < 4.78 is 1.17. The average molecular weight is 440 g/mol. The molecule has 2 aromatic carbocycles. The van der Waals surface area contributed by atoms with Crippen molar-refractivity contribution in [2.45, 2.75) is 0 Å². The predicted molar refractivity (Wildman–Crippen MR) is 123 cm³/mol. The van der Waals surface area contributed by atoms with Crippen LogP contribution in [0.2, 0.25) is 5.02 Å². The summed E-state index contributed by atoms with van der Waals surface area (Å²) in [5.41, 5.74) is 2.04. The second-order valence-electron chi connectivity index (χ2n) is 6.88. The molecule has 0 saturated carbocycles. The Balaban J connectivity index is 1.29. The molecule has 0 bridgehead atoms. The van der Waals surface area contributed by atoms with Gasteiger partial charge < -0.3 is 9.80 Å². The molecule has 0 radical (unpaired) electrons. The molecule has 1 saturated heterocycles. The highest BCUT2D eigenvalue weighted by Gasteiger charge is 2.24. The molecule has 0 unspecified atom stereocenters. The summed E-state index contributed by atoms with van der Waals surface area (Å²) >= 11 is 9.51. The summed E-state index contributed by atoms with van der Waals surface area (Å²) in [4.78, 5) is 23.7. The Morgan fingerprint density at radius 3 is 2.45 bits per heavy atom. The standard InChI is InChI=1S/C22H18ClN3OS2/c23-15-5-1-3-7-17(15)25-11-13-26(14-12-25)22(27)20-10-9-19(28-20)21-24-16-6-2-4-8-18(16)29-21/h1-10H,11-14H2. The van der Waals surface area contributed by atoms with Gasteiger partial charge in [-0.05, 0) is 36.4 Å².